The van der Waals surface area contributed by atoms with Gasteiger partial charge >= 0.3 is 0 Å². The predicted molar refractivity (Wildman–Crippen MR) is 103 cm³/mol. The first kappa shape index (κ1) is 20.5. The average Bonchev–Trinajstić information content (AvgIpc) is 2.63. The number of hydrogen-bond acceptors (Lipinski definition) is 6. The summed E-state index contributed by atoms with van der Waals surface area (Å²) in [7, 11) is -7.04. The van der Waals surface area contributed by atoms with Crippen LogP contribution in [0.15, 0.2) is 47.4 Å². The van der Waals surface area contributed by atoms with Gasteiger partial charge in [0, 0.05) is 19.2 Å². The SMILES string of the molecule is CS(=O)(=O)NCc1cccc(Oc2ccc3c(c2)S(=O)(=O)NCN3CCF)c1. The molecular formula is C17H20FN3O5S2. The number of hydrogen-bond donors (Lipinski definition) is 2. The molecule has 0 spiro atoms. The third kappa shape index (κ3) is 4.98. The van der Waals surface area contributed by atoms with Crippen molar-refractivity contribution in [1.29, 1.82) is 0 Å². The molecular weight excluding hydrogens is 409 g/mol. The van der Waals surface area contributed by atoms with Crippen molar-refractivity contribution in [3.63, 3.8) is 0 Å². The maximum atomic E-state index is 12.7. The van der Waals surface area contributed by atoms with Crippen molar-refractivity contribution in [2.75, 3.05) is 31.0 Å². The lowest BCUT2D eigenvalue weighted by Crippen LogP contribution is -2.44. The first-order valence-electron chi connectivity index (χ1n) is 8.34. The molecule has 0 amide bonds. The highest BCUT2D eigenvalue weighted by Crippen LogP contribution is 2.33. The molecule has 0 unspecified atom stereocenters. The van der Waals surface area contributed by atoms with Gasteiger partial charge in [-0.3, -0.25) is 0 Å². The summed E-state index contributed by atoms with van der Waals surface area (Å²) < 4.78 is 70.3. The van der Waals surface area contributed by atoms with E-state index in [1.165, 1.54) is 6.07 Å². The van der Waals surface area contributed by atoms with E-state index in [-0.39, 0.29) is 24.7 Å². The summed E-state index contributed by atoms with van der Waals surface area (Å²) in [6.45, 7) is -0.412. The van der Waals surface area contributed by atoms with Gasteiger partial charge in [0.1, 0.15) is 23.1 Å². The molecule has 28 heavy (non-hydrogen) atoms. The molecule has 0 saturated heterocycles. The van der Waals surface area contributed by atoms with Crippen molar-refractivity contribution in [3.8, 4) is 11.5 Å². The Morgan fingerprint density at radius 3 is 2.68 bits per heavy atom. The highest BCUT2D eigenvalue weighted by atomic mass is 32.2. The number of nitrogens with zero attached hydrogens (tertiary/aromatic N) is 1. The van der Waals surface area contributed by atoms with Crippen LogP contribution in [0.25, 0.3) is 0 Å². The Balaban J connectivity index is 1.84. The third-order valence-electron chi connectivity index (χ3n) is 4.03. The minimum Gasteiger partial charge on any atom is -0.457 e. The van der Waals surface area contributed by atoms with E-state index in [2.05, 4.69) is 9.44 Å². The Morgan fingerprint density at radius 2 is 1.96 bits per heavy atom. The fourth-order valence-corrected chi connectivity index (χ4v) is 4.39. The van der Waals surface area contributed by atoms with Crippen molar-refractivity contribution in [2.45, 2.75) is 11.4 Å². The van der Waals surface area contributed by atoms with E-state index in [1.807, 2.05) is 0 Å². The Labute approximate surface area is 163 Å². The largest absolute Gasteiger partial charge is 0.457 e. The molecule has 0 aromatic heterocycles. The van der Waals surface area contributed by atoms with E-state index in [0.29, 0.717) is 22.7 Å². The van der Waals surface area contributed by atoms with Gasteiger partial charge in [0.05, 0.1) is 18.6 Å². The third-order valence-corrected chi connectivity index (χ3v) is 6.12. The molecule has 2 aromatic rings. The summed E-state index contributed by atoms with van der Waals surface area (Å²) in [5.41, 5.74) is 1.10. The molecule has 1 aliphatic heterocycles. The van der Waals surface area contributed by atoms with Crippen molar-refractivity contribution in [2.24, 2.45) is 0 Å². The van der Waals surface area contributed by atoms with Crippen molar-refractivity contribution < 1.29 is 26.0 Å². The molecule has 0 atom stereocenters. The van der Waals surface area contributed by atoms with Crippen molar-refractivity contribution in [3.05, 3.63) is 48.0 Å². The van der Waals surface area contributed by atoms with Crippen molar-refractivity contribution >= 4 is 25.7 Å². The molecule has 1 heterocycles. The Kier molecular flexibility index (Phi) is 5.89. The van der Waals surface area contributed by atoms with Crippen LogP contribution in [0.5, 0.6) is 11.5 Å². The lowest BCUT2D eigenvalue weighted by atomic mass is 10.2. The van der Waals surface area contributed by atoms with Gasteiger partial charge in [-0.2, -0.15) is 4.72 Å². The molecule has 2 N–H and O–H groups in total. The number of rotatable bonds is 7. The highest BCUT2D eigenvalue weighted by molar-refractivity contribution is 7.89. The van der Waals surface area contributed by atoms with Crippen LogP contribution < -0.4 is 19.1 Å². The maximum Gasteiger partial charge on any atom is 0.244 e. The number of sulfonamides is 2. The van der Waals surface area contributed by atoms with Crippen molar-refractivity contribution in [1.82, 2.24) is 9.44 Å². The van der Waals surface area contributed by atoms with Gasteiger partial charge in [-0.05, 0) is 29.8 Å². The number of halogens is 1. The number of fused-ring (bicyclic) bond motifs is 1. The van der Waals surface area contributed by atoms with E-state index in [9.17, 15) is 21.2 Å². The first-order valence-corrected chi connectivity index (χ1v) is 11.7. The zero-order valence-corrected chi connectivity index (χ0v) is 16.7. The molecule has 3 rings (SSSR count). The Morgan fingerprint density at radius 1 is 1.21 bits per heavy atom. The molecule has 11 heteroatoms. The van der Waals surface area contributed by atoms with Gasteiger partial charge < -0.3 is 9.64 Å². The number of alkyl halides is 1. The zero-order chi connectivity index (χ0) is 20.4. The molecule has 1 aliphatic rings. The second-order valence-corrected chi connectivity index (χ2v) is 9.80. The monoisotopic (exact) mass is 429 g/mol. The van der Waals surface area contributed by atoms with E-state index in [0.717, 1.165) is 6.26 Å². The number of nitrogens with one attached hydrogen (secondary N) is 2. The summed E-state index contributed by atoms with van der Waals surface area (Å²) in [5, 5.41) is 0. The van der Waals surface area contributed by atoms with Gasteiger partial charge in [0.15, 0.2) is 0 Å². The molecule has 0 bridgehead atoms. The van der Waals surface area contributed by atoms with Gasteiger partial charge in [0.25, 0.3) is 0 Å². The van der Waals surface area contributed by atoms with Gasteiger partial charge in [0.2, 0.25) is 20.0 Å². The summed E-state index contributed by atoms with van der Waals surface area (Å²) >= 11 is 0. The normalized spacial score (nSPS) is 15.9. The van der Waals surface area contributed by atoms with E-state index in [1.54, 1.807) is 41.3 Å². The molecule has 0 aliphatic carbocycles. The molecule has 0 saturated carbocycles. The number of benzene rings is 2. The second-order valence-electron chi connectivity index (χ2n) is 6.23. The number of anilines is 1. The highest BCUT2D eigenvalue weighted by Gasteiger charge is 2.28. The van der Waals surface area contributed by atoms with Crippen LogP contribution in [-0.4, -0.2) is 43.0 Å². The molecule has 2 aromatic carbocycles. The lowest BCUT2D eigenvalue weighted by Gasteiger charge is -2.30. The Hall–Kier alpha value is -2.21. The quantitative estimate of drug-likeness (QED) is 0.692. The zero-order valence-electron chi connectivity index (χ0n) is 15.1. The van der Waals surface area contributed by atoms with E-state index in [4.69, 9.17) is 4.74 Å². The minimum atomic E-state index is -3.71. The van der Waals surface area contributed by atoms with Gasteiger partial charge in [-0.25, -0.2) is 25.9 Å². The van der Waals surface area contributed by atoms with Crippen LogP contribution in [0.4, 0.5) is 10.1 Å². The van der Waals surface area contributed by atoms with Crippen LogP contribution in [0.1, 0.15) is 5.56 Å². The van der Waals surface area contributed by atoms with Crippen LogP contribution in [-0.2, 0) is 26.6 Å². The minimum absolute atomic E-state index is 0.00877. The standard InChI is InChI=1S/C17H20FN3O5S2/c1-27(22,23)19-11-13-3-2-4-14(9-13)26-15-5-6-16-17(10-15)28(24,25)20-12-21(16)8-7-18/h2-6,9-10,19-20H,7-8,11-12H2,1H3. The van der Waals surface area contributed by atoms with E-state index < -0.39 is 26.7 Å². The molecule has 8 nitrogen and oxygen atoms in total. The molecule has 152 valence electrons. The molecule has 0 fully saturated rings. The average molecular weight is 429 g/mol. The topological polar surface area (TPSA) is 105 Å². The summed E-state index contributed by atoms with van der Waals surface area (Å²) in [5.74, 6) is 0.717. The van der Waals surface area contributed by atoms with Gasteiger partial charge in [-0.15, -0.1) is 0 Å². The van der Waals surface area contributed by atoms with Gasteiger partial charge in [-0.1, -0.05) is 12.1 Å². The van der Waals surface area contributed by atoms with Crippen LogP contribution in [0.3, 0.4) is 0 Å². The fourth-order valence-electron chi connectivity index (χ4n) is 2.73. The summed E-state index contributed by atoms with van der Waals surface area (Å²) in [6, 6.07) is 11.3. The molecule has 0 radical (unpaired) electrons. The second kappa shape index (κ2) is 8.03. The fraction of sp³-hybridized carbons (Fsp3) is 0.294. The summed E-state index contributed by atoms with van der Waals surface area (Å²) in [6.07, 6.45) is 1.07. The maximum absolute atomic E-state index is 12.7. The van der Waals surface area contributed by atoms with Crippen LogP contribution >= 0.6 is 0 Å². The Bertz CT molecular complexity index is 1070. The summed E-state index contributed by atoms with van der Waals surface area (Å²) in [4.78, 5) is 1.61. The lowest BCUT2D eigenvalue weighted by molar-refractivity contribution is 0.475. The number of ether oxygens (including phenoxy) is 1. The smallest absolute Gasteiger partial charge is 0.244 e. The predicted octanol–water partition coefficient (Wildman–Crippen LogP) is 1.55. The van der Waals surface area contributed by atoms with E-state index >= 15 is 0 Å². The van der Waals surface area contributed by atoms with Crippen LogP contribution in [0, 0.1) is 0 Å². The van der Waals surface area contributed by atoms with Crippen LogP contribution in [0.2, 0.25) is 0 Å². The first-order chi connectivity index (χ1) is 13.2.